The van der Waals surface area contributed by atoms with E-state index in [0.717, 1.165) is 24.3 Å². The molecule has 1 aromatic carbocycles. The molecule has 7 nitrogen and oxygen atoms in total. The highest BCUT2D eigenvalue weighted by molar-refractivity contribution is 7.77. The lowest BCUT2D eigenvalue weighted by atomic mass is 9.77. The van der Waals surface area contributed by atoms with E-state index in [0.29, 0.717) is 31.9 Å². The highest BCUT2D eigenvalue weighted by Crippen LogP contribution is 2.31. The van der Waals surface area contributed by atoms with E-state index < -0.39 is 11.3 Å². The normalized spacial score (nSPS) is 21.5. The standard InChI is InChI=1S/C18H23N3O4S/c22-17-5-2-14(8-10-20-26(23)24)15(12-17)13-25-18-6-3-16(4-7-18)21-11-1-9-19-21/h1,3-4,6-7,9,11,14-15,20H,2,5,8,10,12-13H2,(H,23,24). The zero-order valence-electron chi connectivity index (χ0n) is 14.4. The number of rotatable bonds is 8. The first-order valence-corrected chi connectivity index (χ1v) is 9.81. The van der Waals surface area contributed by atoms with Gasteiger partial charge in [-0.25, -0.2) is 13.6 Å². The molecular weight excluding hydrogens is 354 g/mol. The van der Waals surface area contributed by atoms with Crippen LogP contribution >= 0.6 is 0 Å². The summed E-state index contributed by atoms with van der Waals surface area (Å²) in [5.74, 6) is 1.47. The third-order valence-electron chi connectivity index (χ3n) is 4.76. The van der Waals surface area contributed by atoms with Crippen LogP contribution in [0.2, 0.25) is 0 Å². The van der Waals surface area contributed by atoms with Gasteiger partial charge < -0.3 is 4.74 Å². The van der Waals surface area contributed by atoms with Gasteiger partial charge in [0.05, 0.1) is 12.3 Å². The quantitative estimate of drug-likeness (QED) is 0.689. The van der Waals surface area contributed by atoms with Crippen molar-refractivity contribution in [2.24, 2.45) is 11.8 Å². The number of ketones is 1. The van der Waals surface area contributed by atoms with Crippen LogP contribution < -0.4 is 9.46 Å². The number of hydrogen-bond acceptors (Lipinski definition) is 4. The predicted molar refractivity (Wildman–Crippen MR) is 98.3 cm³/mol. The van der Waals surface area contributed by atoms with Crippen LogP contribution in [0.15, 0.2) is 42.7 Å². The molecule has 2 N–H and O–H groups in total. The minimum atomic E-state index is -1.99. The molecule has 0 amide bonds. The van der Waals surface area contributed by atoms with Crippen LogP contribution in [0, 0.1) is 11.8 Å². The highest BCUT2D eigenvalue weighted by Gasteiger charge is 2.29. The summed E-state index contributed by atoms with van der Waals surface area (Å²) in [6.07, 6.45) is 6.27. The van der Waals surface area contributed by atoms with Gasteiger partial charge in [0.1, 0.15) is 11.5 Å². The van der Waals surface area contributed by atoms with E-state index in [9.17, 15) is 9.00 Å². The van der Waals surface area contributed by atoms with Gasteiger partial charge in [-0.2, -0.15) is 5.10 Å². The van der Waals surface area contributed by atoms with Crippen LogP contribution in [0.25, 0.3) is 5.69 Å². The zero-order valence-corrected chi connectivity index (χ0v) is 15.2. The zero-order chi connectivity index (χ0) is 18.4. The van der Waals surface area contributed by atoms with Crippen LogP contribution in [0.1, 0.15) is 25.7 Å². The summed E-state index contributed by atoms with van der Waals surface area (Å²) >= 11 is -1.99. The van der Waals surface area contributed by atoms with Gasteiger partial charge >= 0.3 is 0 Å². The molecule has 2 aromatic rings. The van der Waals surface area contributed by atoms with Crippen LogP contribution in [0.3, 0.4) is 0 Å². The smallest absolute Gasteiger partial charge is 0.231 e. The van der Waals surface area contributed by atoms with E-state index in [1.165, 1.54) is 0 Å². The fourth-order valence-electron chi connectivity index (χ4n) is 3.37. The fraction of sp³-hybridized carbons (Fsp3) is 0.444. The lowest BCUT2D eigenvalue weighted by Gasteiger charge is -2.30. The van der Waals surface area contributed by atoms with Gasteiger partial charge in [-0.15, -0.1) is 0 Å². The molecule has 1 fully saturated rings. The van der Waals surface area contributed by atoms with Crippen molar-refractivity contribution in [2.45, 2.75) is 25.7 Å². The summed E-state index contributed by atoms with van der Waals surface area (Å²) in [6.45, 7) is 0.927. The first kappa shape index (κ1) is 18.8. The molecule has 3 unspecified atom stereocenters. The molecule has 3 atom stereocenters. The first-order valence-electron chi connectivity index (χ1n) is 8.71. The van der Waals surface area contributed by atoms with Crippen molar-refractivity contribution in [1.82, 2.24) is 14.5 Å². The van der Waals surface area contributed by atoms with Crippen molar-refractivity contribution in [3.8, 4) is 11.4 Å². The molecule has 0 aliphatic heterocycles. The Morgan fingerprint density at radius 2 is 2.12 bits per heavy atom. The lowest BCUT2D eigenvalue weighted by molar-refractivity contribution is -0.123. The Bertz CT molecular complexity index is 733. The molecule has 140 valence electrons. The Morgan fingerprint density at radius 1 is 1.31 bits per heavy atom. The number of carbonyl (C=O) groups excluding carboxylic acids is 1. The van der Waals surface area contributed by atoms with Crippen LogP contribution in [0.5, 0.6) is 5.75 Å². The minimum absolute atomic E-state index is 0.135. The summed E-state index contributed by atoms with van der Waals surface area (Å²) in [5, 5.41) is 4.19. The number of ether oxygens (including phenoxy) is 1. The highest BCUT2D eigenvalue weighted by atomic mass is 32.2. The van der Waals surface area contributed by atoms with Gasteiger partial charge in [0.15, 0.2) is 0 Å². The van der Waals surface area contributed by atoms with E-state index >= 15 is 0 Å². The number of nitrogens with zero attached hydrogens (tertiary/aromatic N) is 2. The third kappa shape index (κ3) is 5.23. The summed E-state index contributed by atoms with van der Waals surface area (Å²) in [5.41, 5.74) is 0.955. The van der Waals surface area contributed by atoms with Crippen LogP contribution in [-0.4, -0.2) is 37.5 Å². The molecule has 1 aromatic heterocycles. The average molecular weight is 377 g/mol. The van der Waals surface area contributed by atoms with E-state index in [2.05, 4.69) is 9.82 Å². The average Bonchev–Trinajstić information content (AvgIpc) is 3.16. The maximum Gasteiger partial charge on any atom is 0.231 e. The molecular formula is C18H23N3O4S. The number of carbonyl (C=O) groups is 1. The molecule has 1 aliphatic rings. The van der Waals surface area contributed by atoms with E-state index in [4.69, 9.17) is 9.29 Å². The second-order valence-electron chi connectivity index (χ2n) is 6.49. The Kier molecular flexibility index (Phi) is 6.54. The van der Waals surface area contributed by atoms with Crippen molar-refractivity contribution < 1.29 is 18.3 Å². The monoisotopic (exact) mass is 377 g/mol. The van der Waals surface area contributed by atoms with Crippen molar-refractivity contribution in [1.29, 1.82) is 0 Å². The molecule has 1 aliphatic carbocycles. The SMILES string of the molecule is O=C1CCC(CCNS(=O)O)C(COc2ccc(-n3cccn3)cc2)C1. The number of benzene rings is 1. The Labute approximate surface area is 155 Å². The lowest BCUT2D eigenvalue weighted by Crippen LogP contribution is -2.32. The molecule has 0 radical (unpaired) electrons. The maximum absolute atomic E-state index is 11.8. The molecule has 0 saturated heterocycles. The number of aromatic nitrogens is 2. The second kappa shape index (κ2) is 9.07. The van der Waals surface area contributed by atoms with Crippen LogP contribution in [-0.2, 0) is 16.1 Å². The largest absolute Gasteiger partial charge is 0.493 e. The topological polar surface area (TPSA) is 93.5 Å². The number of Topliss-reactive ketones (excluding diaryl/α,β-unsaturated/α-hetero) is 1. The van der Waals surface area contributed by atoms with Crippen molar-refractivity contribution in [2.75, 3.05) is 13.2 Å². The van der Waals surface area contributed by atoms with Gasteiger partial charge in [-0.3, -0.25) is 9.35 Å². The van der Waals surface area contributed by atoms with Gasteiger partial charge in [0.2, 0.25) is 11.3 Å². The molecule has 1 heterocycles. The first-order chi connectivity index (χ1) is 12.6. The van der Waals surface area contributed by atoms with Crippen molar-refractivity contribution >= 4 is 17.0 Å². The molecule has 0 bridgehead atoms. The Hall–Kier alpha value is -2.03. The minimum Gasteiger partial charge on any atom is -0.493 e. The van der Waals surface area contributed by atoms with E-state index in [1.54, 1.807) is 10.9 Å². The number of nitrogens with one attached hydrogen (secondary N) is 1. The summed E-state index contributed by atoms with van der Waals surface area (Å²) in [4.78, 5) is 11.8. The summed E-state index contributed by atoms with van der Waals surface area (Å²) < 4.78 is 29.7. The van der Waals surface area contributed by atoms with Crippen LogP contribution in [0.4, 0.5) is 0 Å². The summed E-state index contributed by atoms with van der Waals surface area (Å²) in [7, 11) is 0. The number of hydrogen-bond donors (Lipinski definition) is 2. The molecule has 3 rings (SSSR count). The van der Waals surface area contributed by atoms with Gasteiger partial charge in [0, 0.05) is 37.7 Å². The Morgan fingerprint density at radius 3 is 2.81 bits per heavy atom. The molecule has 8 heteroatoms. The van der Waals surface area contributed by atoms with Gasteiger partial charge in [0.25, 0.3) is 0 Å². The van der Waals surface area contributed by atoms with Crippen molar-refractivity contribution in [3.63, 3.8) is 0 Å². The van der Waals surface area contributed by atoms with E-state index in [1.807, 2.05) is 36.5 Å². The molecule has 0 spiro atoms. The predicted octanol–water partition coefficient (Wildman–Crippen LogP) is 2.35. The summed E-state index contributed by atoms with van der Waals surface area (Å²) in [6, 6.07) is 9.53. The van der Waals surface area contributed by atoms with Gasteiger partial charge in [-0.1, -0.05) is 0 Å². The third-order valence-corrected chi connectivity index (χ3v) is 5.21. The van der Waals surface area contributed by atoms with E-state index in [-0.39, 0.29) is 11.7 Å². The Balaban J connectivity index is 1.55. The van der Waals surface area contributed by atoms with Gasteiger partial charge in [-0.05, 0) is 49.1 Å². The fourth-order valence-corrected chi connectivity index (χ4v) is 3.66. The second-order valence-corrected chi connectivity index (χ2v) is 7.28. The molecule has 1 saturated carbocycles. The maximum atomic E-state index is 11.8. The molecule has 26 heavy (non-hydrogen) atoms. The van der Waals surface area contributed by atoms with Crippen molar-refractivity contribution in [3.05, 3.63) is 42.7 Å².